The Balaban J connectivity index is 1.54. The van der Waals surface area contributed by atoms with Gasteiger partial charge in [0.15, 0.2) is 24.6 Å². The van der Waals surface area contributed by atoms with Gasteiger partial charge in [0.05, 0.1) is 16.7 Å². The largest absolute Gasteiger partial charge is 0.459 e. The van der Waals surface area contributed by atoms with Crippen LogP contribution in [0.25, 0.3) is 0 Å². The molecule has 0 amide bonds. The molecule has 3 aromatic rings. The van der Waals surface area contributed by atoms with Gasteiger partial charge in [0.25, 0.3) is 0 Å². The lowest BCUT2D eigenvalue weighted by molar-refractivity contribution is -0.121. The zero-order valence-electron chi connectivity index (χ0n) is 18.5. The fraction of sp³-hybridized carbons (Fsp3) is 0.185. The van der Waals surface area contributed by atoms with E-state index in [9.17, 15) is 19.2 Å². The Kier molecular flexibility index (Phi) is 7.64. The lowest BCUT2D eigenvalue weighted by atomic mass is 10.1. The highest BCUT2D eigenvalue weighted by atomic mass is 16.7. The normalized spacial score (nSPS) is 21.0. The Morgan fingerprint density at radius 1 is 0.657 bits per heavy atom. The van der Waals surface area contributed by atoms with Gasteiger partial charge < -0.3 is 23.7 Å². The summed E-state index contributed by atoms with van der Waals surface area (Å²) < 4.78 is 22.2. The average Bonchev–Trinajstić information content (AvgIpc) is 3.24. The lowest BCUT2D eigenvalue weighted by Crippen LogP contribution is -2.42. The van der Waals surface area contributed by atoms with Crippen molar-refractivity contribution in [2.24, 2.45) is 0 Å². The summed E-state index contributed by atoms with van der Waals surface area (Å²) in [5.74, 6) is -2.03. The molecule has 8 heteroatoms. The van der Waals surface area contributed by atoms with Crippen molar-refractivity contribution < 1.29 is 38.1 Å². The third-order valence-corrected chi connectivity index (χ3v) is 5.37. The number of benzene rings is 3. The van der Waals surface area contributed by atoms with Gasteiger partial charge in [0.2, 0.25) is 0 Å². The van der Waals surface area contributed by atoms with E-state index in [1.165, 1.54) is 0 Å². The number of rotatable bonds is 8. The van der Waals surface area contributed by atoms with Gasteiger partial charge in [0, 0.05) is 0 Å². The Labute approximate surface area is 201 Å². The monoisotopic (exact) mass is 474 g/mol. The number of carbonyl (C=O) groups excluding carboxylic acids is 4. The van der Waals surface area contributed by atoms with Gasteiger partial charge in [-0.25, -0.2) is 14.4 Å². The van der Waals surface area contributed by atoms with Crippen molar-refractivity contribution in [3.63, 3.8) is 0 Å². The highest BCUT2D eigenvalue weighted by Crippen LogP contribution is 2.28. The van der Waals surface area contributed by atoms with Crippen LogP contribution in [0.2, 0.25) is 0 Å². The molecule has 4 atom stereocenters. The predicted molar refractivity (Wildman–Crippen MR) is 123 cm³/mol. The molecule has 0 aromatic heterocycles. The summed E-state index contributed by atoms with van der Waals surface area (Å²) in [7, 11) is 0. The fourth-order valence-corrected chi connectivity index (χ4v) is 3.62. The standard InChI is InChI=1S/C27H22O8/c28-16-21-23(34-26(30)19-12-6-2-7-13-19)24(35-27(31)20-14-8-3-9-15-20)22(33-21)17-32-25(29)18-10-4-1-5-11-18/h1-16,21-24H,17H2/t21-,22-,23-,24+/m0/s1. The van der Waals surface area contributed by atoms with Crippen molar-refractivity contribution in [2.45, 2.75) is 24.4 Å². The maximum atomic E-state index is 12.8. The van der Waals surface area contributed by atoms with E-state index in [2.05, 4.69) is 0 Å². The lowest BCUT2D eigenvalue weighted by Gasteiger charge is -2.23. The molecule has 1 aliphatic heterocycles. The molecule has 0 N–H and O–H groups in total. The van der Waals surface area contributed by atoms with Crippen molar-refractivity contribution in [1.82, 2.24) is 0 Å². The van der Waals surface area contributed by atoms with Crippen LogP contribution in [0.1, 0.15) is 31.1 Å². The third kappa shape index (κ3) is 5.80. The van der Waals surface area contributed by atoms with Crippen molar-refractivity contribution in [3.8, 4) is 0 Å². The number of carbonyl (C=O) groups is 4. The summed E-state index contributed by atoms with van der Waals surface area (Å²) in [5.41, 5.74) is 0.835. The predicted octanol–water partition coefficient (Wildman–Crippen LogP) is 3.26. The van der Waals surface area contributed by atoms with Gasteiger partial charge >= 0.3 is 17.9 Å². The minimum absolute atomic E-state index is 0.254. The van der Waals surface area contributed by atoms with Crippen LogP contribution in [-0.2, 0) is 23.7 Å². The first-order valence-electron chi connectivity index (χ1n) is 10.9. The van der Waals surface area contributed by atoms with Crippen LogP contribution in [0, 0.1) is 0 Å². The van der Waals surface area contributed by atoms with Crippen LogP contribution in [0.3, 0.4) is 0 Å². The molecule has 0 radical (unpaired) electrons. The first kappa shape index (κ1) is 23.8. The summed E-state index contributed by atoms with van der Waals surface area (Å²) in [4.78, 5) is 49.7. The Morgan fingerprint density at radius 2 is 1.09 bits per heavy atom. The number of ether oxygens (including phenoxy) is 4. The molecule has 0 saturated carbocycles. The molecule has 8 nitrogen and oxygen atoms in total. The molecule has 0 spiro atoms. The molecule has 1 heterocycles. The third-order valence-electron chi connectivity index (χ3n) is 5.37. The van der Waals surface area contributed by atoms with Gasteiger partial charge in [-0.2, -0.15) is 0 Å². The van der Waals surface area contributed by atoms with E-state index in [-0.39, 0.29) is 17.7 Å². The molecule has 35 heavy (non-hydrogen) atoms. The minimum Gasteiger partial charge on any atom is -0.459 e. The van der Waals surface area contributed by atoms with E-state index in [1.807, 2.05) is 0 Å². The van der Waals surface area contributed by atoms with Crippen LogP contribution < -0.4 is 0 Å². The SMILES string of the molecule is O=C[C@@H]1O[C@@H](COC(=O)c2ccccc2)[C@@H](OC(=O)c2ccccc2)[C@H]1OC(=O)c1ccccc1. The van der Waals surface area contributed by atoms with Crippen molar-refractivity contribution in [3.05, 3.63) is 108 Å². The second-order valence-corrected chi connectivity index (χ2v) is 7.71. The number of hydrogen-bond acceptors (Lipinski definition) is 8. The number of aldehydes is 1. The van der Waals surface area contributed by atoms with E-state index in [4.69, 9.17) is 18.9 Å². The van der Waals surface area contributed by atoms with Gasteiger partial charge in [-0.1, -0.05) is 54.6 Å². The smallest absolute Gasteiger partial charge is 0.338 e. The van der Waals surface area contributed by atoms with Crippen LogP contribution in [0.5, 0.6) is 0 Å². The summed E-state index contributed by atoms with van der Waals surface area (Å²) in [6, 6.07) is 24.7. The highest BCUT2D eigenvalue weighted by molar-refractivity contribution is 5.91. The van der Waals surface area contributed by atoms with Crippen LogP contribution >= 0.6 is 0 Å². The molecule has 0 aliphatic carbocycles. The van der Waals surface area contributed by atoms with Crippen LogP contribution in [0.4, 0.5) is 0 Å². The highest BCUT2D eigenvalue weighted by Gasteiger charge is 2.50. The Bertz CT molecular complexity index is 1160. The molecular formula is C27H22O8. The molecule has 1 saturated heterocycles. The van der Waals surface area contributed by atoms with Gasteiger partial charge in [-0.3, -0.25) is 0 Å². The van der Waals surface area contributed by atoms with Crippen LogP contribution in [-0.4, -0.2) is 55.2 Å². The number of hydrogen-bond donors (Lipinski definition) is 0. The molecule has 0 bridgehead atoms. The maximum Gasteiger partial charge on any atom is 0.338 e. The van der Waals surface area contributed by atoms with Crippen molar-refractivity contribution in [1.29, 1.82) is 0 Å². The van der Waals surface area contributed by atoms with Crippen molar-refractivity contribution >= 4 is 24.2 Å². The summed E-state index contributed by atoms with van der Waals surface area (Å²) in [6.45, 7) is -0.329. The zero-order valence-corrected chi connectivity index (χ0v) is 18.5. The molecule has 178 valence electrons. The van der Waals surface area contributed by atoms with Gasteiger partial charge in [0.1, 0.15) is 12.7 Å². The first-order valence-corrected chi connectivity index (χ1v) is 10.9. The van der Waals surface area contributed by atoms with Crippen LogP contribution in [0.15, 0.2) is 91.0 Å². The molecule has 1 aliphatic rings. The van der Waals surface area contributed by atoms with Crippen molar-refractivity contribution in [2.75, 3.05) is 6.61 Å². The second kappa shape index (κ2) is 11.2. The van der Waals surface area contributed by atoms with E-state index < -0.39 is 42.3 Å². The van der Waals surface area contributed by atoms with E-state index in [1.54, 1.807) is 91.0 Å². The molecule has 3 aromatic carbocycles. The maximum absolute atomic E-state index is 12.8. The zero-order chi connectivity index (χ0) is 24.6. The van der Waals surface area contributed by atoms with E-state index in [0.29, 0.717) is 11.8 Å². The molecule has 0 unspecified atom stereocenters. The average molecular weight is 474 g/mol. The topological polar surface area (TPSA) is 105 Å². The Morgan fingerprint density at radius 3 is 1.54 bits per heavy atom. The molecular weight excluding hydrogens is 452 g/mol. The molecule has 4 rings (SSSR count). The second-order valence-electron chi connectivity index (χ2n) is 7.71. The quantitative estimate of drug-likeness (QED) is 0.278. The first-order chi connectivity index (χ1) is 17.1. The minimum atomic E-state index is -1.24. The Hall–Kier alpha value is -4.30. The summed E-state index contributed by atoms with van der Waals surface area (Å²) >= 11 is 0. The van der Waals surface area contributed by atoms with Gasteiger partial charge in [-0.15, -0.1) is 0 Å². The van der Waals surface area contributed by atoms with E-state index in [0.717, 1.165) is 0 Å². The summed E-state index contributed by atoms with van der Waals surface area (Å²) in [6.07, 6.45) is -4.25. The summed E-state index contributed by atoms with van der Waals surface area (Å²) in [5, 5.41) is 0. The fourth-order valence-electron chi connectivity index (χ4n) is 3.62. The number of esters is 3. The van der Waals surface area contributed by atoms with Gasteiger partial charge in [-0.05, 0) is 36.4 Å². The molecule has 1 fully saturated rings. The van der Waals surface area contributed by atoms with E-state index >= 15 is 0 Å².